The molecular weight excluding hydrogens is 458 g/mol. The molecule has 7 heteroatoms. The van der Waals surface area contributed by atoms with E-state index in [0.717, 1.165) is 37.8 Å². The van der Waals surface area contributed by atoms with Gasteiger partial charge in [-0.15, -0.1) is 0 Å². The highest BCUT2D eigenvalue weighted by Gasteiger charge is 2.17. The van der Waals surface area contributed by atoms with Crippen molar-refractivity contribution in [1.29, 1.82) is 0 Å². The first-order valence-electron chi connectivity index (χ1n) is 11.2. The quantitative estimate of drug-likeness (QED) is 0.320. The van der Waals surface area contributed by atoms with E-state index in [0.29, 0.717) is 16.1 Å². The maximum atomic E-state index is 13.6. The van der Waals surface area contributed by atoms with Crippen molar-refractivity contribution in [3.05, 3.63) is 94.3 Å². The van der Waals surface area contributed by atoms with E-state index in [2.05, 4.69) is 11.1 Å². The summed E-state index contributed by atoms with van der Waals surface area (Å²) in [5.74, 6) is -0.793. The largest absolute Gasteiger partial charge is 0.468 e. The third kappa shape index (κ3) is 4.38. The Morgan fingerprint density at radius 3 is 2.51 bits per heavy atom. The number of nitrogens with zero attached hydrogens (tertiary/aromatic N) is 3. The summed E-state index contributed by atoms with van der Waals surface area (Å²) >= 11 is 1.39. The number of hydrogen-bond acceptors (Lipinski definition) is 5. The van der Waals surface area contributed by atoms with Gasteiger partial charge in [0.2, 0.25) is 0 Å². The van der Waals surface area contributed by atoms with Crippen LogP contribution in [0.3, 0.4) is 0 Å². The van der Waals surface area contributed by atoms with Gasteiger partial charge in [-0.05, 0) is 43.2 Å². The summed E-state index contributed by atoms with van der Waals surface area (Å²) < 4.78 is 7.65. The smallest absolute Gasteiger partial charge is 0.325 e. The fraction of sp³-hybridized carbons (Fsp3) is 0.143. The Kier molecular flexibility index (Phi) is 6.01. The van der Waals surface area contributed by atoms with E-state index in [-0.39, 0.29) is 12.5 Å². The fourth-order valence-electron chi connectivity index (χ4n) is 4.20. The Morgan fingerprint density at radius 1 is 1.00 bits per heavy atom. The molecule has 2 aromatic heterocycles. The van der Waals surface area contributed by atoms with Gasteiger partial charge < -0.3 is 9.30 Å². The van der Waals surface area contributed by atoms with Gasteiger partial charge in [-0.25, -0.2) is 4.98 Å². The predicted molar refractivity (Wildman–Crippen MR) is 138 cm³/mol. The maximum Gasteiger partial charge on any atom is 0.325 e. The van der Waals surface area contributed by atoms with Gasteiger partial charge in [0.05, 0.1) is 34.1 Å². The second-order valence-corrected chi connectivity index (χ2v) is 9.31. The minimum atomic E-state index is -0.404. The molecule has 0 saturated heterocycles. The molecule has 0 bridgehead atoms. The number of fused-ring (bicyclic) bond motifs is 2. The van der Waals surface area contributed by atoms with E-state index in [1.807, 2.05) is 74.5 Å². The molecule has 1 amide bonds. The first kappa shape index (κ1) is 22.7. The number of rotatable bonds is 4. The van der Waals surface area contributed by atoms with Crippen molar-refractivity contribution in [3.8, 4) is 11.3 Å². The lowest BCUT2D eigenvalue weighted by atomic mass is 10.0. The number of aryl methyl sites for hydroxylation is 2. The summed E-state index contributed by atoms with van der Waals surface area (Å²) in [6.07, 6.45) is 0. The van der Waals surface area contributed by atoms with Crippen LogP contribution >= 0.6 is 11.3 Å². The second kappa shape index (κ2) is 9.27. The highest BCUT2D eigenvalue weighted by atomic mass is 32.1. The summed E-state index contributed by atoms with van der Waals surface area (Å²) in [6.45, 7) is 3.99. The van der Waals surface area contributed by atoms with E-state index < -0.39 is 5.97 Å². The molecule has 5 rings (SSSR count). The van der Waals surface area contributed by atoms with E-state index >= 15 is 0 Å². The van der Waals surface area contributed by atoms with E-state index in [4.69, 9.17) is 9.72 Å². The average molecular weight is 482 g/mol. The van der Waals surface area contributed by atoms with Crippen LogP contribution in [0.15, 0.2) is 77.8 Å². The van der Waals surface area contributed by atoms with Crippen LogP contribution in [0.2, 0.25) is 0 Å². The Labute approximate surface area is 206 Å². The molecule has 2 heterocycles. The lowest BCUT2D eigenvalue weighted by molar-refractivity contribution is -0.141. The molecule has 0 aliphatic heterocycles. The molecule has 0 spiro atoms. The Hall–Kier alpha value is -4.10. The third-order valence-electron chi connectivity index (χ3n) is 5.84. The summed E-state index contributed by atoms with van der Waals surface area (Å²) in [6, 6.07) is 23.2. The summed E-state index contributed by atoms with van der Waals surface area (Å²) in [7, 11) is 1.35. The number of pyridine rings is 1. The molecule has 174 valence electrons. The van der Waals surface area contributed by atoms with Crippen molar-refractivity contribution in [2.75, 3.05) is 7.11 Å². The molecule has 3 aromatic carbocycles. The highest BCUT2D eigenvalue weighted by molar-refractivity contribution is 7.16. The number of methoxy groups -OCH3 is 1. The van der Waals surface area contributed by atoms with Crippen molar-refractivity contribution in [3.63, 3.8) is 0 Å². The van der Waals surface area contributed by atoms with Crippen molar-refractivity contribution < 1.29 is 14.3 Å². The van der Waals surface area contributed by atoms with Crippen LogP contribution in [0.25, 0.3) is 32.4 Å². The zero-order chi connectivity index (χ0) is 24.5. The number of hydrogen-bond donors (Lipinski definition) is 0. The SMILES string of the molecule is COC(=O)Cn1c(=NC(=O)c2cc(-c3ccccc3)nc3ccccc23)sc2c(C)cc(C)cc21. The normalized spacial score (nSPS) is 11.8. The van der Waals surface area contributed by atoms with E-state index in [9.17, 15) is 9.59 Å². The van der Waals surface area contributed by atoms with Crippen molar-refractivity contribution in [1.82, 2.24) is 9.55 Å². The number of carbonyl (C=O) groups excluding carboxylic acids is 2. The molecule has 0 saturated carbocycles. The van der Waals surface area contributed by atoms with Crippen LogP contribution in [0.5, 0.6) is 0 Å². The summed E-state index contributed by atoms with van der Waals surface area (Å²) in [5.41, 5.74) is 5.79. The van der Waals surface area contributed by atoms with Crippen molar-refractivity contribution in [2.24, 2.45) is 4.99 Å². The lowest BCUT2D eigenvalue weighted by Gasteiger charge is -2.08. The monoisotopic (exact) mass is 481 g/mol. The molecular formula is C28H23N3O3S. The van der Waals surface area contributed by atoms with Gasteiger partial charge in [-0.3, -0.25) is 9.59 Å². The van der Waals surface area contributed by atoms with Crippen LogP contribution < -0.4 is 4.80 Å². The van der Waals surface area contributed by atoms with Crippen molar-refractivity contribution in [2.45, 2.75) is 20.4 Å². The fourth-order valence-corrected chi connectivity index (χ4v) is 5.28. The second-order valence-electron chi connectivity index (χ2n) is 8.33. The molecule has 0 N–H and O–H groups in total. The molecule has 6 nitrogen and oxygen atoms in total. The minimum absolute atomic E-state index is 0.0299. The van der Waals surface area contributed by atoms with Crippen LogP contribution in [0.1, 0.15) is 21.5 Å². The number of esters is 1. The minimum Gasteiger partial charge on any atom is -0.468 e. The standard InChI is InChI=1S/C28H23N3O3S/c1-17-13-18(2)26-24(14-17)31(16-25(32)34-3)28(35-26)30-27(33)21-15-23(19-9-5-4-6-10-19)29-22-12-8-7-11-20(21)22/h4-15H,16H2,1-3H3. The van der Waals surface area contributed by atoms with Gasteiger partial charge in [0, 0.05) is 10.9 Å². The third-order valence-corrected chi connectivity index (χ3v) is 7.07. The van der Waals surface area contributed by atoms with Gasteiger partial charge in [0.1, 0.15) is 6.54 Å². The number of benzene rings is 3. The predicted octanol–water partition coefficient (Wildman–Crippen LogP) is 5.45. The molecule has 35 heavy (non-hydrogen) atoms. The van der Waals surface area contributed by atoms with Gasteiger partial charge >= 0.3 is 5.97 Å². The molecule has 0 unspecified atom stereocenters. The number of carbonyl (C=O) groups is 2. The highest BCUT2D eigenvalue weighted by Crippen LogP contribution is 2.26. The number of aromatic nitrogens is 2. The van der Waals surface area contributed by atoms with E-state index in [1.165, 1.54) is 18.4 Å². The Bertz CT molecular complexity index is 1670. The molecule has 0 atom stereocenters. The summed E-state index contributed by atoms with van der Waals surface area (Å²) in [5, 5.41) is 0.730. The first-order valence-corrected chi connectivity index (χ1v) is 12.0. The zero-order valence-corrected chi connectivity index (χ0v) is 20.4. The van der Waals surface area contributed by atoms with Gasteiger partial charge in [-0.2, -0.15) is 4.99 Å². The van der Waals surface area contributed by atoms with Crippen LogP contribution in [-0.4, -0.2) is 28.5 Å². The topological polar surface area (TPSA) is 73.6 Å². The first-order chi connectivity index (χ1) is 16.9. The number of amides is 1. The molecule has 0 radical (unpaired) electrons. The summed E-state index contributed by atoms with van der Waals surface area (Å²) in [4.78, 5) is 35.6. The maximum absolute atomic E-state index is 13.6. The zero-order valence-electron chi connectivity index (χ0n) is 19.6. The number of para-hydroxylation sites is 1. The lowest BCUT2D eigenvalue weighted by Crippen LogP contribution is -2.22. The van der Waals surface area contributed by atoms with Gasteiger partial charge in [0.25, 0.3) is 5.91 Å². The number of ether oxygens (including phenoxy) is 1. The molecule has 5 aromatic rings. The van der Waals surface area contributed by atoms with Crippen molar-refractivity contribution >= 4 is 44.3 Å². The molecule has 0 fully saturated rings. The Balaban J connectivity index is 1.72. The Morgan fingerprint density at radius 2 is 1.74 bits per heavy atom. The number of thiazole rings is 1. The average Bonchev–Trinajstić information content (AvgIpc) is 3.20. The van der Waals surface area contributed by atoms with E-state index in [1.54, 1.807) is 10.6 Å². The molecule has 0 aliphatic carbocycles. The van der Waals surface area contributed by atoms with Gasteiger partial charge in [0.15, 0.2) is 4.80 Å². The van der Waals surface area contributed by atoms with Crippen LogP contribution in [0.4, 0.5) is 0 Å². The van der Waals surface area contributed by atoms with Crippen LogP contribution in [0, 0.1) is 13.8 Å². The van der Waals surface area contributed by atoms with Gasteiger partial charge in [-0.1, -0.05) is 65.9 Å². The molecule has 0 aliphatic rings. The van der Waals surface area contributed by atoms with Crippen LogP contribution in [-0.2, 0) is 16.1 Å².